The molecular formula is C21H23N3O5. The van der Waals surface area contributed by atoms with Gasteiger partial charge in [0.25, 0.3) is 5.91 Å². The average Bonchev–Trinajstić information content (AvgIpc) is 3.17. The van der Waals surface area contributed by atoms with Gasteiger partial charge in [-0.1, -0.05) is 12.1 Å². The number of amides is 2. The number of hydrogen-bond acceptors (Lipinski definition) is 6. The molecule has 2 amide bonds. The molecule has 0 aliphatic carbocycles. The third-order valence-electron chi connectivity index (χ3n) is 5.36. The standard InChI is InChI=1S/C21H23N3O5/c1-27-17-9-8-13(18(28-2)19(17)29-3)20(25)22-12-10-16-21(26)23-14-6-4-5-7-15(14)24(16)11-12/h4-9,12,16H,10-11H2,1-3H3,(H,22,25)(H,23,26). The van der Waals surface area contributed by atoms with Gasteiger partial charge in [-0.2, -0.15) is 0 Å². The Morgan fingerprint density at radius 2 is 1.83 bits per heavy atom. The van der Waals surface area contributed by atoms with Crippen LogP contribution in [-0.4, -0.2) is 51.8 Å². The lowest BCUT2D eigenvalue weighted by atomic mass is 10.1. The summed E-state index contributed by atoms with van der Waals surface area (Å²) in [6.45, 7) is 0.552. The zero-order valence-electron chi connectivity index (χ0n) is 16.5. The van der Waals surface area contributed by atoms with Gasteiger partial charge >= 0.3 is 0 Å². The Bertz CT molecular complexity index is 961. The third-order valence-corrected chi connectivity index (χ3v) is 5.36. The minimum absolute atomic E-state index is 0.0517. The van der Waals surface area contributed by atoms with Gasteiger partial charge in [0.2, 0.25) is 11.7 Å². The van der Waals surface area contributed by atoms with Crippen molar-refractivity contribution in [1.82, 2.24) is 5.32 Å². The summed E-state index contributed by atoms with van der Waals surface area (Å²) < 4.78 is 16.0. The molecular weight excluding hydrogens is 374 g/mol. The molecule has 4 rings (SSSR count). The fourth-order valence-corrected chi connectivity index (χ4v) is 4.04. The number of benzene rings is 2. The van der Waals surface area contributed by atoms with Gasteiger partial charge in [0.15, 0.2) is 11.5 Å². The van der Waals surface area contributed by atoms with E-state index in [2.05, 4.69) is 10.6 Å². The molecule has 2 N–H and O–H groups in total. The molecule has 2 unspecified atom stereocenters. The summed E-state index contributed by atoms with van der Waals surface area (Å²) in [7, 11) is 4.49. The number of rotatable bonds is 5. The Labute approximate surface area is 168 Å². The number of anilines is 2. The van der Waals surface area contributed by atoms with E-state index in [1.807, 2.05) is 29.2 Å². The second-order valence-corrected chi connectivity index (χ2v) is 6.96. The number of carbonyl (C=O) groups excluding carboxylic acids is 2. The van der Waals surface area contributed by atoms with Gasteiger partial charge in [0, 0.05) is 12.6 Å². The molecule has 0 spiro atoms. The van der Waals surface area contributed by atoms with E-state index in [0.717, 1.165) is 11.4 Å². The Morgan fingerprint density at radius 3 is 2.55 bits per heavy atom. The molecule has 0 bridgehead atoms. The third kappa shape index (κ3) is 3.20. The van der Waals surface area contributed by atoms with Crippen LogP contribution in [-0.2, 0) is 4.79 Å². The number of nitrogens with zero attached hydrogens (tertiary/aromatic N) is 1. The van der Waals surface area contributed by atoms with Gasteiger partial charge in [0.05, 0.1) is 38.3 Å². The van der Waals surface area contributed by atoms with E-state index in [4.69, 9.17) is 14.2 Å². The number of ether oxygens (including phenoxy) is 3. The van der Waals surface area contributed by atoms with Crippen molar-refractivity contribution in [1.29, 1.82) is 0 Å². The van der Waals surface area contributed by atoms with Crippen LogP contribution in [0.3, 0.4) is 0 Å². The molecule has 0 saturated carbocycles. The van der Waals surface area contributed by atoms with E-state index in [9.17, 15) is 9.59 Å². The number of carbonyl (C=O) groups is 2. The SMILES string of the molecule is COc1ccc(C(=O)NC2CC3C(=O)Nc4ccccc4N3C2)c(OC)c1OC. The maximum atomic E-state index is 13.0. The van der Waals surface area contributed by atoms with Crippen LogP contribution in [0, 0.1) is 0 Å². The van der Waals surface area contributed by atoms with Crippen molar-refractivity contribution in [3.8, 4) is 17.2 Å². The van der Waals surface area contributed by atoms with Crippen molar-refractivity contribution < 1.29 is 23.8 Å². The Morgan fingerprint density at radius 1 is 1.07 bits per heavy atom. The minimum Gasteiger partial charge on any atom is -0.493 e. The van der Waals surface area contributed by atoms with E-state index in [1.54, 1.807) is 12.1 Å². The molecule has 1 fully saturated rings. The van der Waals surface area contributed by atoms with Crippen LogP contribution in [0.1, 0.15) is 16.8 Å². The normalized spacial score (nSPS) is 19.7. The smallest absolute Gasteiger partial charge is 0.255 e. The molecule has 8 heteroatoms. The first-order chi connectivity index (χ1) is 14.1. The number of fused-ring (bicyclic) bond motifs is 3. The monoisotopic (exact) mass is 397 g/mol. The highest BCUT2D eigenvalue weighted by molar-refractivity contribution is 6.04. The minimum atomic E-state index is -0.303. The van der Waals surface area contributed by atoms with E-state index in [0.29, 0.717) is 35.8 Å². The van der Waals surface area contributed by atoms with E-state index >= 15 is 0 Å². The number of para-hydroxylation sites is 2. The molecule has 1 saturated heterocycles. The van der Waals surface area contributed by atoms with Crippen LogP contribution in [0.25, 0.3) is 0 Å². The lowest BCUT2D eigenvalue weighted by Gasteiger charge is -2.32. The summed E-state index contributed by atoms with van der Waals surface area (Å²) in [4.78, 5) is 27.5. The molecule has 0 aromatic heterocycles. The molecule has 2 atom stereocenters. The Balaban J connectivity index is 1.56. The molecule has 2 aromatic rings. The molecule has 8 nitrogen and oxygen atoms in total. The van der Waals surface area contributed by atoms with E-state index < -0.39 is 0 Å². The van der Waals surface area contributed by atoms with Crippen molar-refractivity contribution in [3.63, 3.8) is 0 Å². The van der Waals surface area contributed by atoms with Crippen molar-refractivity contribution in [2.75, 3.05) is 38.1 Å². The molecule has 2 aliphatic heterocycles. The average molecular weight is 397 g/mol. The van der Waals surface area contributed by atoms with Crippen molar-refractivity contribution in [2.45, 2.75) is 18.5 Å². The van der Waals surface area contributed by atoms with Crippen LogP contribution in [0.15, 0.2) is 36.4 Å². The summed E-state index contributed by atoms with van der Waals surface area (Å²) in [5.74, 6) is 0.806. The highest BCUT2D eigenvalue weighted by Crippen LogP contribution is 2.40. The summed E-state index contributed by atoms with van der Waals surface area (Å²) in [5, 5.41) is 5.97. The van der Waals surface area contributed by atoms with Crippen LogP contribution in [0.4, 0.5) is 11.4 Å². The first-order valence-corrected chi connectivity index (χ1v) is 9.33. The summed E-state index contributed by atoms with van der Waals surface area (Å²) in [5.41, 5.74) is 2.11. The van der Waals surface area contributed by atoms with Crippen molar-refractivity contribution in [3.05, 3.63) is 42.0 Å². The highest BCUT2D eigenvalue weighted by atomic mass is 16.5. The molecule has 29 heavy (non-hydrogen) atoms. The van der Waals surface area contributed by atoms with Crippen LogP contribution in [0.2, 0.25) is 0 Å². The number of hydrogen-bond donors (Lipinski definition) is 2. The van der Waals surface area contributed by atoms with Crippen molar-refractivity contribution >= 4 is 23.2 Å². The van der Waals surface area contributed by atoms with Crippen LogP contribution >= 0.6 is 0 Å². The molecule has 0 radical (unpaired) electrons. The summed E-state index contributed by atoms with van der Waals surface area (Å²) in [6.07, 6.45) is 0.529. The van der Waals surface area contributed by atoms with Gasteiger partial charge in [-0.3, -0.25) is 9.59 Å². The topological polar surface area (TPSA) is 89.1 Å². The highest BCUT2D eigenvalue weighted by Gasteiger charge is 2.41. The fraction of sp³-hybridized carbons (Fsp3) is 0.333. The van der Waals surface area contributed by atoms with Gasteiger partial charge < -0.3 is 29.7 Å². The van der Waals surface area contributed by atoms with E-state index in [1.165, 1.54) is 21.3 Å². The largest absolute Gasteiger partial charge is 0.493 e. The van der Waals surface area contributed by atoms with Gasteiger partial charge in [-0.25, -0.2) is 0 Å². The molecule has 2 aromatic carbocycles. The zero-order chi connectivity index (χ0) is 20.5. The summed E-state index contributed by atoms with van der Waals surface area (Å²) >= 11 is 0. The quantitative estimate of drug-likeness (QED) is 0.803. The lowest BCUT2D eigenvalue weighted by Crippen LogP contribution is -2.44. The van der Waals surface area contributed by atoms with Gasteiger partial charge in [0.1, 0.15) is 6.04 Å². The molecule has 152 valence electrons. The van der Waals surface area contributed by atoms with Gasteiger partial charge in [-0.15, -0.1) is 0 Å². The first-order valence-electron chi connectivity index (χ1n) is 9.33. The predicted octanol–water partition coefficient (Wildman–Crippen LogP) is 2.04. The Kier molecular flexibility index (Phi) is 4.92. The summed E-state index contributed by atoms with van der Waals surface area (Å²) in [6, 6.07) is 10.5. The maximum Gasteiger partial charge on any atom is 0.255 e. The number of methoxy groups -OCH3 is 3. The first kappa shape index (κ1) is 18.9. The molecule has 2 heterocycles. The lowest BCUT2D eigenvalue weighted by molar-refractivity contribution is -0.117. The van der Waals surface area contributed by atoms with E-state index in [-0.39, 0.29) is 23.9 Å². The maximum absolute atomic E-state index is 13.0. The second kappa shape index (κ2) is 7.54. The zero-order valence-corrected chi connectivity index (χ0v) is 16.5. The Hall–Kier alpha value is -3.42. The van der Waals surface area contributed by atoms with Crippen LogP contribution in [0.5, 0.6) is 17.2 Å². The van der Waals surface area contributed by atoms with Crippen LogP contribution < -0.4 is 29.7 Å². The van der Waals surface area contributed by atoms with Gasteiger partial charge in [-0.05, 0) is 30.7 Å². The predicted molar refractivity (Wildman–Crippen MR) is 108 cm³/mol. The second-order valence-electron chi connectivity index (χ2n) is 6.96. The van der Waals surface area contributed by atoms with Crippen molar-refractivity contribution in [2.24, 2.45) is 0 Å². The molecule has 2 aliphatic rings. The fourth-order valence-electron chi connectivity index (χ4n) is 4.04. The number of nitrogens with one attached hydrogen (secondary N) is 2.